The molecular weight excluding hydrogens is 334 g/mol. The van der Waals surface area contributed by atoms with Crippen LogP contribution >= 0.6 is 0 Å². The Kier molecular flexibility index (Phi) is 9.37. The molecule has 0 radical (unpaired) electrons. The Morgan fingerprint density at radius 3 is 2.56 bits per heavy atom. The molecule has 0 saturated carbocycles. The standard InChI is InChI=1S/C24H35NO2/c1-18(12-13-22-20(3)11-8-15-24(22,5)6)9-7-10-19(2)14-16-25-17-23(27)21(4)26/h7,9-10,12-14,17,23,27H,8,11,15-16H2,1-6H3. The van der Waals surface area contributed by atoms with E-state index in [0.29, 0.717) is 6.54 Å². The minimum absolute atomic E-state index is 0.269. The summed E-state index contributed by atoms with van der Waals surface area (Å²) >= 11 is 0. The van der Waals surface area contributed by atoms with Crippen LogP contribution in [0, 0.1) is 5.41 Å². The first-order chi connectivity index (χ1) is 12.6. The van der Waals surface area contributed by atoms with E-state index in [1.807, 2.05) is 25.2 Å². The molecule has 1 atom stereocenters. The smallest absolute Gasteiger partial charge is 0.163 e. The van der Waals surface area contributed by atoms with Crippen LogP contribution in [0.15, 0.2) is 63.7 Å². The van der Waals surface area contributed by atoms with Crippen molar-refractivity contribution in [1.29, 1.82) is 0 Å². The van der Waals surface area contributed by atoms with Crippen LogP contribution in [-0.2, 0) is 4.79 Å². The van der Waals surface area contributed by atoms with Crippen LogP contribution in [0.25, 0.3) is 0 Å². The Bertz CT molecular complexity index is 700. The highest BCUT2D eigenvalue weighted by Crippen LogP contribution is 2.40. The molecule has 0 amide bonds. The van der Waals surface area contributed by atoms with E-state index in [4.69, 9.17) is 0 Å². The molecule has 3 heteroatoms. The maximum Gasteiger partial charge on any atom is 0.163 e. The second-order valence-electron chi connectivity index (χ2n) is 8.05. The van der Waals surface area contributed by atoms with Gasteiger partial charge in [0.2, 0.25) is 0 Å². The number of aliphatic hydroxyl groups is 1. The maximum atomic E-state index is 10.9. The number of aliphatic hydroxyl groups excluding tert-OH is 1. The van der Waals surface area contributed by atoms with Crippen molar-refractivity contribution in [2.24, 2.45) is 10.4 Å². The van der Waals surface area contributed by atoms with Crippen LogP contribution in [0.1, 0.15) is 60.8 Å². The van der Waals surface area contributed by atoms with E-state index in [0.717, 1.165) is 5.57 Å². The van der Waals surface area contributed by atoms with Crippen molar-refractivity contribution >= 4 is 12.0 Å². The third-order valence-corrected chi connectivity index (χ3v) is 4.96. The number of Topliss-reactive ketones (excluding diaryl/α,β-unsaturated/α-hetero) is 1. The number of aliphatic imine (C=N–C) groups is 1. The van der Waals surface area contributed by atoms with Crippen molar-refractivity contribution in [3.05, 3.63) is 58.7 Å². The van der Waals surface area contributed by atoms with Gasteiger partial charge in [0.1, 0.15) is 6.10 Å². The van der Waals surface area contributed by atoms with Crippen molar-refractivity contribution in [2.75, 3.05) is 6.54 Å². The van der Waals surface area contributed by atoms with Gasteiger partial charge in [0, 0.05) is 6.21 Å². The normalized spacial score (nSPS) is 20.3. The largest absolute Gasteiger partial charge is 0.380 e. The van der Waals surface area contributed by atoms with Gasteiger partial charge in [-0.05, 0) is 57.9 Å². The number of carbonyl (C=O) groups is 1. The number of hydrogen-bond acceptors (Lipinski definition) is 3. The number of rotatable bonds is 8. The summed E-state index contributed by atoms with van der Waals surface area (Å²) in [5.41, 5.74) is 5.56. The molecule has 0 fully saturated rings. The van der Waals surface area contributed by atoms with Crippen molar-refractivity contribution < 1.29 is 9.90 Å². The van der Waals surface area contributed by atoms with Crippen molar-refractivity contribution in [1.82, 2.24) is 0 Å². The Morgan fingerprint density at radius 2 is 1.93 bits per heavy atom. The van der Waals surface area contributed by atoms with E-state index in [2.05, 4.69) is 50.9 Å². The third kappa shape index (κ3) is 8.49. The van der Waals surface area contributed by atoms with Gasteiger partial charge in [-0.15, -0.1) is 0 Å². The van der Waals surface area contributed by atoms with Crippen molar-refractivity contribution in [2.45, 2.75) is 66.9 Å². The van der Waals surface area contributed by atoms with Gasteiger partial charge in [0.15, 0.2) is 5.78 Å². The fraction of sp³-hybridized carbons (Fsp3) is 0.500. The lowest BCUT2D eigenvalue weighted by atomic mass is 9.72. The molecule has 1 aliphatic rings. The number of carbonyl (C=O) groups excluding carboxylic acids is 1. The van der Waals surface area contributed by atoms with Crippen molar-refractivity contribution in [3.63, 3.8) is 0 Å². The fourth-order valence-electron chi connectivity index (χ4n) is 3.16. The summed E-state index contributed by atoms with van der Waals surface area (Å²) in [6.07, 6.45) is 16.5. The highest BCUT2D eigenvalue weighted by molar-refractivity contribution is 5.95. The average molecular weight is 370 g/mol. The van der Waals surface area contributed by atoms with Crippen LogP contribution in [0.3, 0.4) is 0 Å². The lowest BCUT2D eigenvalue weighted by Gasteiger charge is -2.32. The molecule has 27 heavy (non-hydrogen) atoms. The predicted octanol–water partition coefficient (Wildman–Crippen LogP) is 5.54. The van der Waals surface area contributed by atoms with Gasteiger partial charge in [0.25, 0.3) is 0 Å². The number of hydrogen-bond donors (Lipinski definition) is 1. The van der Waals surface area contributed by atoms with Crippen LogP contribution < -0.4 is 0 Å². The summed E-state index contributed by atoms with van der Waals surface area (Å²) in [4.78, 5) is 14.9. The van der Waals surface area contributed by atoms with Crippen LogP contribution in [-0.4, -0.2) is 29.8 Å². The fourth-order valence-corrected chi connectivity index (χ4v) is 3.16. The van der Waals surface area contributed by atoms with E-state index in [1.54, 1.807) is 0 Å². The average Bonchev–Trinajstić information content (AvgIpc) is 2.57. The minimum Gasteiger partial charge on any atom is -0.380 e. The monoisotopic (exact) mass is 369 g/mol. The minimum atomic E-state index is -1.10. The van der Waals surface area contributed by atoms with Gasteiger partial charge < -0.3 is 5.11 Å². The zero-order chi connectivity index (χ0) is 20.4. The first kappa shape index (κ1) is 23.0. The van der Waals surface area contributed by atoms with E-state index >= 15 is 0 Å². The van der Waals surface area contributed by atoms with Gasteiger partial charge in [0.05, 0.1) is 6.54 Å². The Morgan fingerprint density at radius 1 is 1.22 bits per heavy atom. The van der Waals surface area contributed by atoms with Gasteiger partial charge in [-0.25, -0.2) is 0 Å². The molecule has 0 aromatic rings. The molecule has 0 aromatic heterocycles. The van der Waals surface area contributed by atoms with Crippen LogP contribution in [0.4, 0.5) is 0 Å². The number of ketones is 1. The Hall–Kier alpha value is -2.00. The first-order valence-electron chi connectivity index (χ1n) is 9.72. The highest BCUT2D eigenvalue weighted by Gasteiger charge is 2.26. The molecule has 0 heterocycles. The molecule has 1 N–H and O–H groups in total. The second kappa shape index (κ2) is 11.0. The topological polar surface area (TPSA) is 49.7 Å². The first-order valence-corrected chi connectivity index (χ1v) is 9.72. The third-order valence-electron chi connectivity index (χ3n) is 4.96. The summed E-state index contributed by atoms with van der Waals surface area (Å²) in [6.45, 7) is 12.8. The van der Waals surface area contributed by atoms with Crippen LogP contribution in [0.5, 0.6) is 0 Å². The molecule has 0 aliphatic heterocycles. The molecule has 1 rings (SSSR count). The van der Waals surface area contributed by atoms with Crippen molar-refractivity contribution in [3.8, 4) is 0 Å². The number of allylic oxidation sites excluding steroid dienone is 9. The summed E-state index contributed by atoms with van der Waals surface area (Å²) in [5.74, 6) is -0.296. The quantitative estimate of drug-likeness (QED) is 0.451. The van der Waals surface area contributed by atoms with Gasteiger partial charge in [-0.3, -0.25) is 9.79 Å². The Labute approximate surface area is 165 Å². The lowest BCUT2D eigenvalue weighted by molar-refractivity contribution is -0.121. The molecule has 1 aliphatic carbocycles. The lowest BCUT2D eigenvalue weighted by Crippen LogP contribution is -2.19. The van der Waals surface area contributed by atoms with Crippen LogP contribution in [0.2, 0.25) is 0 Å². The molecule has 0 aromatic carbocycles. The zero-order valence-corrected chi connectivity index (χ0v) is 17.7. The number of nitrogens with zero attached hydrogens (tertiary/aromatic N) is 1. The van der Waals surface area contributed by atoms with Gasteiger partial charge >= 0.3 is 0 Å². The van der Waals surface area contributed by atoms with E-state index in [1.165, 1.54) is 49.1 Å². The molecule has 1 unspecified atom stereocenters. The molecule has 0 spiro atoms. The highest BCUT2D eigenvalue weighted by atomic mass is 16.3. The Balaban J connectivity index is 2.62. The summed E-state index contributed by atoms with van der Waals surface area (Å²) in [5, 5.41) is 9.34. The zero-order valence-electron chi connectivity index (χ0n) is 17.7. The molecule has 3 nitrogen and oxygen atoms in total. The van der Waals surface area contributed by atoms with E-state index in [-0.39, 0.29) is 11.2 Å². The molecular formula is C24H35NO2. The SMILES string of the molecule is CC(=O)C(O)C=NCC=C(C)C=CC=C(C)C=CC1=C(C)CCCC1(C)C. The predicted molar refractivity (Wildman–Crippen MR) is 116 cm³/mol. The van der Waals surface area contributed by atoms with Gasteiger partial charge in [-0.1, -0.05) is 67.0 Å². The second-order valence-corrected chi connectivity index (χ2v) is 8.05. The molecule has 0 bridgehead atoms. The maximum absolute atomic E-state index is 10.9. The van der Waals surface area contributed by atoms with E-state index < -0.39 is 6.10 Å². The molecule has 148 valence electrons. The molecule has 0 saturated heterocycles. The summed E-state index contributed by atoms with van der Waals surface area (Å²) in [6, 6.07) is 0. The van der Waals surface area contributed by atoms with Gasteiger partial charge in [-0.2, -0.15) is 0 Å². The van der Waals surface area contributed by atoms with E-state index in [9.17, 15) is 9.90 Å². The summed E-state index contributed by atoms with van der Waals surface area (Å²) in [7, 11) is 0. The summed E-state index contributed by atoms with van der Waals surface area (Å²) < 4.78 is 0.